The molecule has 0 aliphatic heterocycles. The molecular weight excluding hydrogens is 176 g/mol. The summed E-state index contributed by atoms with van der Waals surface area (Å²) in [4.78, 5) is 0. The van der Waals surface area contributed by atoms with Crippen LogP contribution in [0.25, 0.3) is 0 Å². The second-order valence-electron chi connectivity index (χ2n) is 3.15. The lowest BCUT2D eigenvalue weighted by Crippen LogP contribution is -2.00. The number of methoxy groups -OCH3 is 1. The predicted molar refractivity (Wildman–Crippen MR) is 56.6 cm³/mol. The Labute approximate surface area is 84.3 Å². The fourth-order valence-corrected chi connectivity index (χ4v) is 1.52. The van der Waals surface area contributed by atoms with Gasteiger partial charge in [-0.05, 0) is 37.1 Å². The van der Waals surface area contributed by atoms with Gasteiger partial charge in [0.1, 0.15) is 12.3 Å². The number of nitrogens with one attached hydrogen (secondary N) is 1. The molecule has 0 bridgehead atoms. The van der Waals surface area contributed by atoms with Gasteiger partial charge in [-0.15, -0.1) is 0 Å². The van der Waals surface area contributed by atoms with E-state index in [1.807, 2.05) is 32.0 Å². The van der Waals surface area contributed by atoms with Crippen molar-refractivity contribution in [2.75, 3.05) is 19.0 Å². The maximum Gasteiger partial charge on any atom is 0.124 e. The van der Waals surface area contributed by atoms with Crippen molar-refractivity contribution in [2.24, 2.45) is 0 Å². The Kier molecular flexibility index (Phi) is 3.35. The molecule has 0 amide bonds. The van der Waals surface area contributed by atoms with Crippen molar-refractivity contribution >= 4 is 5.69 Å². The normalized spacial score (nSPS) is 9.29. The van der Waals surface area contributed by atoms with Crippen molar-refractivity contribution in [3.8, 4) is 11.8 Å². The molecule has 0 aromatic heterocycles. The quantitative estimate of drug-likeness (QED) is 0.743. The molecule has 0 radical (unpaired) electrons. The Morgan fingerprint density at radius 2 is 1.93 bits per heavy atom. The van der Waals surface area contributed by atoms with Gasteiger partial charge >= 0.3 is 0 Å². The molecule has 0 spiro atoms. The number of ether oxygens (including phenoxy) is 1. The van der Waals surface area contributed by atoms with Gasteiger partial charge in [-0.2, -0.15) is 5.26 Å². The van der Waals surface area contributed by atoms with Crippen LogP contribution in [-0.2, 0) is 0 Å². The zero-order valence-electron chi connectivity index (χ0n) is 8.72. The summed E-state index contributed by atoms with van der Waals surface area (Å²) in [5.74, 6) is 0.910. The van der Waals surface area contributed by atoms with Crippen LogP contribution in [0, 0.1) is 25.2 Å². The summed E-state index contributed by atoms with van der Waals surface area (Å²) in [7, 11) is 1.66. The van der Waals surface area contributed by atoms with Crippen LogP contribution >= 0.6 is 0 Å². The van der Waals surface area contributed by atoms with E-state index in [0.29, 0.717) is 6.54 Å². The van der Waals surface area contributed by atoms with Crippen LogP contribution in [0.4, 0.5) is 5.69 Å². The molecule has 0 atom stereocenters. The van der Waals surface area contributed by atoms with Crippen molar-refractivity contribution in [2.45, 2.75) is 13.8 Å². The second kappa shape index (κ2) is 4.52. The Bertz CT molecular complexity index is 343. The Morgan fingerprint density at radius 1 is 1.36 bits per heavy atom. The number of nitrogens with zero attached hydrogens (tertiary/aromatic N) is 1. The van der Waals surface area contributed by atoms with Crippen molar-refractivity contribution in [1.82, 2.24) is 0 Å². The van der Waals surface area contributed by atoms with E-state index >= 15 is 0 Å². The molecule has 1 rings (SSSR count). The Morgan fingerprint density at radius 3 is 2.36 bits per heavy atom. The van der Waals surface area contributed by atoms with E-state index in [-0.39, 0.29) is 0 Å². The van der Waals surface area contributed by atoms with E-state index in [4.69, 9.17) is 10.00 Å². The number of benzene rings is 1. The summed E-state index contributed by atoms with van der Waals surface area (Å²) in [6.45, 7) is 4.30. The maximum absolute atomic E-state index is 8.43. The van der Waals surface area contributed by atoms with Crippen molar-refractivity contribution in [3.63, 3.8) is 0 Å². The van der Waals surface area contributed by atoms with Crippen LogP contribution in [0.1, 0.15) is 11.1 Å². The molecule has 0 saturated carbocycles. The number of hydrogen-bond donors (Lipinski definition) is 1. The minimum atomic E-state index is 0.325. The van der Waals surface area contributed by atoms with Crippen molar-refractivity contribution in [3.05, 3.63) is 23.3 Å². The number of hydrogen-bond acceptors (Lipinski definition) is 3. The first-order chi connectivity index (χ1) is 6.69. The molecule has 3 nitrogen and oxygen atoms in total. The highest BCUT2D eigenvalue weighted by Crippen LogP contribution is 2.26. The molecule has 1 N–H and O–H groups in total. The first kappa shape index (κ1) is 10.4. The molecule has 0 unspecified atom stereocenters. The summed E-state index contributed by atoms with van der Waals surface area (Å²) in [5.41, 5.74) is 3.11. The van der Waals surface area contributed by atoms with Gasteiger partial charge in [-0.3, -0.25) is 0 Å². The summed E-state index contributed by atoms with van der Waals surface area (Å²) < 4.78 is 5.24. The molecule has 0 aliphatic rings. The molecule has 0 saturated heterocycles. The van der Waals surface area contributed by atoms with Crippen LogP contribution in [0.15, 0.2) is 12.1 Å². The summed E-state index contributed by atoms with van der Waals surface area (Å²) in [6, 6.07) is 5.99. The zero-order valence-corrected chi connectivity index (χ0v) is 8.72. The van der Waals surface area contributed by atoms with Crippen LogP contribution in [0.5, 0.6) is 5.75 Å². The van der Waals surface area contributed by atoms with Gasteiger partial charge in [-0.1, -0.05) is 0 Å². The summed E-state index contributed by atoms with van der Waals surface area (Å²) >= 11 is 0. The highest BCUT2D eigenvalue weighted by molar-refractivity contribution is 5.55. The molecule has 74 valence electrons. The third-order valence-electron chi connectivity index (χ3n) is 2.04. The number of rotatable bonds is 3. The fourth-order valence-electron chi connectivity index (χ4n) is 1.52. The van der Waals surface area contributed by atoms with E-state index in [2.05, 4.69) is 5.32 Å². The van der Waals surface area contributed by atoms with E-state index < -0.39 is 0 Å². The minimum absolute atomic E-state index is 0.325. The maximum atomic E-state index is 8.43. The molecule has 0 fully saturated rings. The van der Waals surface area contributed by atoms with Crippen molar-refractivity contribution in [1.29, 1.82) is 5.26 Å². The highest BCUT2D eigenvalue weighted by Gasteiger charge is 2.04. The van der Waals surface area contributed by atoms with Gasteiger partial charge in [-0.25, -0.2) is 0 Å². The predicted octanol–water partition coefficient (Wildman–Crippen LogP) is 2.25. The molecule has 14 heavy (non-hydrogen) atoms. The average Bonchev–Trinajstić information content (AvgIpc) is 2.14. The standard InChI is InChI=1S/C11H14N2O/c1-8-6-10(13-5-4-12)7-9(2)11(8)14-3/h6-7,13H,5H2,1-3H3. The molecule has 0 aliphatic carbocycles. The molecule has 1 aromatic carbocycles. The summed E-state index contributed by atoms with van der Waals surface area (Å²) in [5, 5.41) is 11.4. The lowest BCUT2D eigenvalue weighted by Gasteiger charge is -2.11. The third-order valence-corrected chi connectivity index (χ3v) is 2.04. The van der Waals surface area contributed by atoms with Gasteiger partial charge in [0, 0.05) is 5.69 Å². The van der Waals surface area contributed by atoms with Crippen LogP contribution in [0.3, 0.4) is 0 Å². The fraction of sp³-hybridized carbons (Fsp3) is 0.364. The van der Waals surface area contributed by atoms with Gasteiger partial charge in [0.15, 0.2) is 0 Å². The number of nitriles is 1. The first-order valence-corrected chi connectivity index (χ1v) is 4.45. The number of aryl methyl sites for hydroxylation is 2. The van der Waals surface area contributed by atoms with E-state index in [0.717, 1.165) is 22.6 Å². The van der Waals surface area contributed by atoms with Crippen LogP contribution in [-0.4, -0.2) is 13.7 Å². The highest BCUT2D eigenvalue weighted by atomic mass is 16.5. The largest absolute Gasteiger partial charge is 0.496 e. The van der Waals surface area contributed by atoms with E-state index in [1.54, 1.807) is 7.11 Å². The monoisotopic (exact) mass is 190 g/mol. The SMILES string of the molecule is COc1c(C)cc(NCC#N)cc1C. The molecular formula is C11H14N2O. The van der Waals surface area contributed by atoms with Gasteiger partial charge in [0.05, 0.1) is 13.2 Å². The van der Waals surface area contributed by atoms with Gasteiger partial charge in [0.25, 0.3) is 0 Å². The average molecular weight is 190 g/mol. The smallest absolute Gasteiger partial charge is 0.124 e. The van der Waals surface area contributed by atoms with Gasteiger partial charge < -0.3 is 10.1 Å². The lowest BCUT2D eigenvalue weighted by atomic mass is 10.1. The number of anilines is 1. The minimum Gasteiger partial charge on any atom is -0.496 e. The van der Waals surface area contributed by atoms with E-state index in [1.165, 1.54) is 0 Å². The molecule has 3 heteroatoms. The molecule has 1 aromatic rings. The van der Waals surface area contributed by atoms with Crippen LogP contribution in [0.2, 0.25) is 0 Å². The summed E-state index contributed by atoms with van der Waals surface area (Å²) in [6.07, 6.45) is 0. The van der Waals surface area contributed by atoms with Gasteiger partial charge in [0.2, 0.25) is 0 Å². The first-order valence-electron chi connectivity index (χ1n) is 4.45. The van der Waals surface area contributed by atoms with E-state index in [9.17, 15) is 0 Å². The van der Waals surface area contributed by atoms with Crippen LogP contribution < -0.4 is 10.1 Å². The lowest BCUT2D eigenvalue weighted by molar-refractivity contribution is 0.408. The second-order valence-corrected chi connectivity index (χ2v) is 3.15. The zero-order chi connectivity index (χ0) is 10.6. The Hall–Kier alpha value is -1.69. The Balaban J connectivity index is 2.97. The molecule has 0 heterocycles. The van der Waals surface area contributed by atoms with Crippen molar-refractivity contribution < 1.29 is 4.74 Å². The third kappa shape index (κ3) is 2.17. The topological polar surface area (TPSA) is 45.0 Å².